The first-order chi connectivity index (χ1) is 12.9. The second-order valence-corrected chi connectivity index (χ2v) is 6.61. The van der Waals surface area contributed by atoms with Gasteiger partial charge in [-0.25, -0.2) is 8.78 Å². The van der Waals surface area contributed by atoms with E-state index in [1.54, 1.807) is 0 Å². The van der Waals surface area contributed by atoms with E-state index in [4.69, 9.17) is 4.74 Å². The van der Waals surface area contributed by atoms with E-state index in [1.807, 2.05) is 0 Å². The molecular formula is C19H24F2N2O4. The molecule has 8 heteroatoms. The van der Waals surface area contributed by atoms with Crippen molar-refractivity contribution in [3.05, 3.63) is 35.4 Å². The molecule has 0 bridgehead atoms. The van der Waals surface area contributed by atoms with Crippen LogP contribution in [0.3, 0.4) is 0 Å². The molecule has 1 fully saturated rings. The lowest BCUT2D eigenvalue weighted by Crippen LogP contribution is -2.40. The molecule has 0 saturated heterocycles. The standard InChI is InChI=1S/C19H24F2N2O4/c1-12(18(25)23-14-5-2-3-6-14)27-17(24)7-4-10-22-19(26)15-9-8-13(20)11-16(15)21/h8-9,11-12,14H,2-7,10H2,1H3,(H,22,26)(H,23,25). The summed E-state index contributed by atoms with van der Waals surface area (Å²) in [4.78, 5) is 35.6. The Morgan fingerprint density at radius 2 is 1.93 bits per heavy atom. The third-order valence-electron chi connectivity index (χ3n) is 4.40. The predicted molar refractivity (Wildman–Crippen MR) is 93.9 cm³/mol. The maximum absolute atomic E-state index is 13.5. The second-order valence-electron chi connectivity index (χ2n) is 6.61. The van der Waals surface area contributed by atoms with Crippen molar-refractivity contribution in [2.45, 2.75) is 57.6 Å². The number of hydrogen-bond acceptors (Lipinski definition) is 4. The summed E-state index contributed by atoms with van der Waals surface area (Å²) in [6, 6.07) is 2.83. The van der Waals surface area contributed by atoms with Gasteiger partial charge < -0.3 is 15.4 Å². The maximum atomic E-state index is 13.5. The van der Waals surface area contributed by atoms with Crippen molar-refractivity contribution >= 4 is 17.8 Å². The van der Waals surface area contributed by atoms with Gasteiger partial charge in [0.1, 0.15) is 11.6 Å². The van der Waals surface area contributed by atoms with Crippen molar-refractivity contribution in [1.29, 1.82) is 0 Å². The van der Waals surface area contributed by atoms with Crippen LogP contribution < -0.4 is 10.6 Å². The summed E-state index contributed by atoms with van der Waals surface area (Å²) in [5.41, 5.74) is -0.267. The molecule has 0 aliphatic heterocycles. The van der Waals surface area contributed by atoms with Crippen LogP contribution in [0.5, 0.6) is 0 Å². The molecule has 0 radical (unpaired) electrons. The number of benzene rings is 1. The van der Waals surface area contributed by atoms with Crippen LogP contribution in [0.1, 0.15) is 55.8 Å². The molecule has 0 aromatic heterocycles. The average molecular weight is 382 g/mol. The summed E-state index contributed by atoms with van der Waals surface area (Å²) < 4.78 is 31.4. The van der Waals surface area contributed by atoms with Crippen LogP contribution in [-0.2, 0) is 14.3 Å². The minimum atomic E-state index is -0.950. The highest BCUT2D eigenvalue weighted by molar-refractivity contribution is 5.94. The topological polar surface area (TPSA) is 84.5 Å². The zero-order valence-corrected chi connectivity index (χ0v) is 15.2. The van der Waals surface area contributed by atoms with E-state index in [0.717, 1.165) is 37.8 Å². The minimum absolute atomic E-state index is 0.00717. The van der Waals surface area contributed by atoms with Crippen LogP contribution >= 0.6 is 0 Å². The average Bonchev–Trinajstić information content (AvgIpc) is 3.11. The highest BCUT2D eigenvalue weighted by Gasteiger charge is 2.22. The van der Waals surface area contributed by atoms with Gasteiger partial charge in [-0.1, -0.05) is 12.8 Å². The Bertz CT molecular complexity index is 690. The molecule has 27 heavy (non-hydrogen) atoms. The van der Waals surface area contributed by atoms with Gasteiger partial charge in [-0.15, -0.1) is 0 Å². The summed E-state index contributed by atoms with van der Waals surface area (Å²) in [5, 5.41) is 5.31. The monoisotopic (exact) mass is 382 g/mol. The molecule has 1 atom stereocenters. The maximum Gasteiger partial charge on any atom is 0.306 e. The first-order valence-corrected chi connectivity index (χ1v) is 9.10. The van der Waals surface area contributed by atoms with Crippen LogP contribution in [-0.4, -0.2) is 36.5 Å². The third kappa shape index (κ3) is 6.62. The molecule has 148 valence electrons. The van der Waals surface area contributed by atoms with Crippen molar-refractivity contribution < 1.29 is 27.9 Å². The highest BCUT2D eigenvalue weighted by atomic mass is 19.1. The molecule has 1 aliphatic rings. The van der Waals surface area contributed by atoms with Crippen molar-refractivity contribution in [2.24, 2.45) is 0 Å². The van der Waals surface area contributed by atoms with Gasteiger partial charge in [0, 0.05) is 25.1 Å². The number of hydrogen-bond donors (Lipinski definition) is 2. The number of ether oxygens (including phenoxy) is 1. The van der Waals surface area contributed by atoms with E-state index in [1.165, 1.54) is 6.92 Å². The molecule has 1 saturated carbocycles. The lowest BCUT2D eigenvalue weighted by Gasteiger charge is -2.17. The van der Waals surface area contributed by atoms with Gasteiger partial charge in [0.25, 0.3) is 11.8 Å². The quantitative estimate of drug-likeness (QED) is 0.534. The fourth-order valence-electron chi connectivity index (χ4n) is 2.90. The van der Waals surface area contributed by atoms with Gasteiger partial charge in [0.15, 0.2) is 6.10 Å². The number of nitrogens with one attached hydrogen (secondary N) is 2. The largest absolute Gasteiger partial charge is 0.453 e. The van der Waals surface area contributed by atoms with E-state index in [0.29, 0.717) is 6.07 Å². The van der Waals surface area contributed by atoms with Crippen molar-refractivity contribution in [2.75, 3.05) is 6.54 Å². The summed E-state index contributed by atoms with van der Waals surface area (Å²) in [6.45, 7) is 1.63. The predicted octanol–water partition coefficient (Wildman–Crippen LogP) is 2.47. The van der Waals surface area contributed by atoms with E-state index in [2.05, 4.69) is 10.6 Å². The molecule has 1 aromatic rings. The molecule has 0 heterocycles. The fraction of sp³-hybridized carbons (Fsp3) is 0.526. The Labute approximate surface area is 156 Å². The van der Waals surface area contributed by atoms with Crippen LogP contribution in [0, 0.1) is 11.6 Å². The van der Waals surface area contributed by atoms with Gasteiger partial charge in [0.05, 0.1) is 5.56 Å². The van der Waals surface area contributed by atoms with E-state index in [-0.39, 0.29) is 36.9 Å². The van der Waals surface area contributed by atoms with Gasteiger partial charge in [-0.2, -0.15) is 0 Å². The van der Waals surface area contributed by atoms with Crippen LogP contribution in [0.15, 0.2) is 18.2 Å². The molecule has 1 aromatic carbocycles. The number of amides is 2. The Balaban J connectivity index is 1.65. The molecule has 1 aliphatic carbocycles. The number of esters is 1. The minimum Gasteiger partial charge on any atom is -0.453 e. The Morgan fingerprint density at radius 3 is 2.59 bits per heavy atom. The Hall–Kier alpha value is -2.51. The van der Waals surface area contributed by atoms with Gasteiger partial charge in [-0.3, -0.25) is 14.4 Å². The normalized spacial score (nSPS) is 15.2. The molecule has 2 rings (SSSR count). The van der Waals surface area contributed by atoms with E-state index in [9.17, 15) is 23.2 Å². The first-order valence-electron chi connectivity index (χ1n) is 9.10. The van der Waals surface area contributed by atoms with Gasteiger partial charge in [-0.05, 0) is 38.3 Å². The number of rotatable bonds is 8. The second kappa shape index (κ2) is 9.99. The third-order valence-corrected chi connectivity index (χ3v) is 4.40. The molecule has 0 spiro atoms. The fourth-order valence-corrected chi connectivity index (χ4v) is 2.90. The van der Waals surface area contributed by atoms with E-state index >= 15 is 0 Å². The lowest BCUT2D eigenvalue weighted by molar-refractivity contribution is -0.155. The Morgan fingerprint density at radius 1 is 1.22 bits per heavy atom. The molecule has 6 nitrogen and oxygen atoms in total. The number of carbonyl (C=O) groups is 3. The van der Waals surface area contributed by atoms with Gasteiger partial charge >= 0.3 is 5.97 Å². The summed E-state index contributed by atoms with van der Waals surface area (Å²) in [7, 11) is 0. The summed E-state index contributed by atoms with van der Waals surface area (Å²) in [5.74, 6) is -3.27. The smallest absolute Gasteiger partial charge is 0.306 e. The van der Waals surface area contributed by atoms with Crippen LogP contribution in [0.25, 0.3) is 0 Å². The number of halogens is 2. The first kappa shape index (κ1) is 20.8. The summed E-state index contributed by atoms with van der Waals surface area (Å²) >= 11 is 0. The lowest BCUT2D eigenvalue weighted by atomic mass is 10.2. The SMILES string of the molecule is CC(OC(=O)CCCNC(=O)c1ccc(F)cc1F)C(=O)NC1CCCC1. The Kier molecular flexibility index (Phi) is 7.69. The molecule has 2 N–H and O–H groups in total. The van der Waals surface area contributed by atoms with Crippen molar-refractivity contribution in [3.63, 3.8) is 0 Å². The molecule has 2 amide bonds. The van der Waals surface area contributed by atoms with Crippen LogP contribution in [0.4, 0.5) is 8.78 Å². The highest BCUT2D eigenvalue weighted by Crippen LogP contribution is 2.17. The zero-order chi connectivity index (χ0) is 19.8. The van der Waals surface area contributed by atoms with Crippen LogP contribution in [0.2, 0.25) is 0 Å². The van der Waals surface area contributed by atoms with Crippen molar-refractivity contribution in [3.8, 4) is 0 Å². The molecule has 1 unspecified atom stereocenters. The summed E-state index contributed by atoms with van der Waals surface area (Å²) in [6.07, 6.45) is 3.47. The zero-order valence-electron chi connectivity index (χ0n) is 15.2. The number of carbonyl (C=O) groups excluding carboxylic acids is 3. The van der Waals surface area contributed by atoms with E-state index < -0.39 is 29.6 Å². The van der Waals surface area contributed by atoms with Gasteiger partial charge in [0.2, 0.25) is 0 Å². The van der Waals surface area contributed by atoms with Crippen molar-refractivity contribution in [1.82, 2.24) is 10.6 Å². The molecular weight excluding hydrogens is 358 g/mol.